The van der Waals surface area contributed by atoms with Crippen molar-refractivity contribution in [2.75, 3.05) is 7.11 Å². The molecule has 0 aliphatic heterocycles. The number of furan rings is 1. The maximum absolute atomic E-state index is 13.0. The van der Waals surface area contributed by atoms with E-state index in [1.807, 2.05) is 24.3 Å². The fraction of sp³-hybridized carbons (Fsp3) is 0.185. The molecule has 2 aromatic heterocycles. The van der Waals surface area contributed by atoms with Gasteiger partial charge in [0.05, 0.1) is 12.8 Å². The number of nitrogens with zero attached hydrogens (tertiary/aromatic N) is 2. The molecule has 0 radical (unpaired) electrons. The number of pyridine rings is 1. The van der Waals surface area contributed by atoms with Gasteiger partial charge in [-0.2, -0.15) is 5.10 Å². The van der Waals surface area contributed by atoms with E-state index < -0.39 is 5.97 Å². The molecule has 0 spiro atoms. The highest BCUT2D eigenvalue weighted by molar-refractivity contribution is 6.07. The molecule has 0 saturated heterocycles. The molecule has 0 saturated carbocycles. The number of hydrogen-bond acceptors (Lipinski definition) is 7. The highest BCUT2D eigenvalue weighted by Gasteiger charge is 2.29. The average molecular weight is 469 g/mol. The smallest absolute Gasteiger partial charge is 0.380 e. The quantitative estimate of drug-likeness (QED) is 0.255. The highest BCUT2D eigenvalue weighted by Crippen LogP contribution is 2.31. The number of carbonyl (C=O) groups is 2. The van der Waals surface area contributed by atoms with Gasteiger partial charge in [0.25, 0.3) is 5.91 Å². The summed E-state index contributed by atoms with van der Waals surface area (Å²) in [4.78, 5) is 29.9. The molecule has 1 amide bonds. The molecule has 5 rings (SSSR count). The summed E-state index contributed by atoms with van der Waals surface area (Å²) in [6, 6.07) is 15.9. The summed E-state index contributed by atoms with van der Waals surface area (Å²) in [6.45, 7) is 1.80. The van der Waals surface area contributed by atoms with Crippen LogP contribution in [-0.2, 0) is 6.42 Å². The fourth-order valence-corrected chi connectivity index (χ4v) is 4.20. The third-order valence-corrected chi connectivity index (χ3v) is 5.95. The van der Waals surface area contributed by atoms with E-state index in [4.69, 9.17) is 13.9 Å². The molecule has 1 aliphatic rings. The van der Waals surface area contributed by atoms with Crippen LogP contribution in [0.1, 0.15) is 50.6 Å². The summed E-state index contributed by atoms with van der Waals surface area (Å²) < 4.78 is 16.7. The molecule has 1 aliphatic carbocycles. The Morgan fingerprint density at radius 2 is 1.86 bits per heavy atom. The number of methoxy groups -OCH3 is 1. The van der Waals surface area contributed by atoms with Crippen LogP contribution in [0.2, 0.25) is 0 Å². The van der Waals surface area contributed by atoms with Gasteiger partial charge in [0.1, 0.15) is 17.0 Å². The van der Waals surface area contributed by atoms with E-state index in [9.17, 15) is 9.59 Å². The topological polar surface area (TPSA) is 103 Å². The van der Waals surface area contributed by atoms with Crippen LogP contribution in [0, 0.1) is 6.92 Å². The number of rotatable bonds is 5. The van der Waals surface area contributed by atoms with Crippen LogP contribution in [0.5, 0.6) is 11.5 Å². The number of para-hydroxylation sites is 1. The number of hydrazone groups is 1. The van der Waals surface area contributed by atoms with Crippen molar-refractivity contribution in [1.29, 1.82) is 0 Å². The Balaban J connectivity index is 1.38. The first-order valence-corrected chi connectivity index (χ1v) is 11.2. The van der Waals surface area contributed by atoms with Gasteiger partial charge in [0.2, 0.25) is 5.76 Å². The molecule has 35 heavy (non-hydrogen) atoms. The summed E-state index contributed by atoms with van der Waals surface area (Å²) in [5, 5.41) is 5.24. The van der Waals surface area contributed by atoms with Crippen molar-refractivity contribution in [3.05, 3.63) is 89.0 Å². The molecule has 2 heterocycles. The average Bonchev–Trinajstić information content (AvgIpc) is 3.24. The summed E-state index contributed by atoms with van der Waals surface area (Å²) in [6.07, 6.45) is 3.77. The first-order valence-electron chi connectivity index (χ1n) is 11.2. The standard InChI is InChI=1S/C27H23N3O5/c1-16-23-20(29-30-26(31)18-11-13-19(33-2)14-12-18)8-4-9-21(23)34-25(16)27(32)35-22-10-3-6-17-7-5-15-28-24(17)22/h3,5-7,10-15H,4,8-9H2,1-2H3,(H,30,31)/b29-20+. The number of carbonyl (C=O) groups excluding carboxylic acids is 2. The van der Waals surface area contributed by atoms with Crippen molar-refractivity contribution < 1.29 is 23.5 Å². The molecule has 8 heteroatoms. The second-order valence-electron chi connectivity index (χ2n) is 8.16. The second-order valence-corrected chi connectivity index (χ2v) is 8.16. The Morgan fingerprint density at radius 1 is 1.06 bits per heavy atom. The first-order chi connectivity index (χ1) is 17.0. The molecule has 0 fully saturated rings. The van der Waals surface area contributed by atoms with Gasteiger partial charge in [0, 0.05) is 34.7 Å². The van der Waals surface area contributed by atoms with E-state index >= 15 is 0 Å². The maximum Gasteiger partial charge on any atom is 0.380 e. The van der Waals surface area contributed by atoms with E-state index in [0.717, 1.165) is 17.4 Å². The van der Waals surface area contributed by atoms with Gasteiger partial charge < -0.3 is 13.9 Å². The molecular formula is C27H23N3O5. The minimum atomic E-state index is -0.600. The van der Waals surface area contributed by atoms with Crippen LogP contribution in [-0.4, -0.2) is 29.7 Å². The zero-order chi connectivity index (χ0) is 24.4. The number of esters is 1. The minimum Gasteiger partial charge on any atom is -0.497 e. The van der Waals surface area contributed by atoms with Crippen molar-refractivity contribution in [1.82, 2.24) is 10.4 Å². The lowest BCUT2D eigenvalue weighted by Gasteiger charge is -2.13. The van der Waals surface area contributed by atoms with Crippen LogP contribution >= 0.6 is 0 Å². The van der Waals surface area contributed by atoms with Gasteiger partial charge in [-0.15, -0.1) is 0 Å². The zero-order valence-corrected chi connectivity index (χ0v) is 19.3. The lowest BCUT2D eigenvalue weighted by atomic mass is 9.93. The third-order valence-electron chi connectivity index (χ3n) is 5.95. The van der Waals surface area contributed by atoms with Crippen LogP contribution in [0.3, 0.4) is 0 Å². The molecule has 8 nitrogen and oxygen atoms in total. The van der Waals surface area contributed by atoms with Crippen molar-refractivity contribution >= 4 is 28.5 Å². The molecule has 0 bridgehead atoms. The number of aromatic nitrogens is 1. The highest BCUT2D eigenvalue weighted by atomic mass is 16.5. The van der Waals surface area contributed by atoms with Crippen molar-refractivity contribution in [3.8, 4) is 11.5 Å². The molecule has 4 aromatic rings. The summed E-state index contributed by atoms with van der Waals surface area (Å²) in [5.74, 6) is 0.876. The molecule has 1 N–H and O–H groups in total. The largest absolute Gasteiger partial charge is 0.497 e. The van der Waals surface area contributed by atoms with Gasteiger partial charge in [0.15, 0.2) is 5.75 Å². The Morgan fingerprint density at radius 3 is 2.66 bits per heavy atom. The maximum atomic E-state index is 13.0. The van der Waals surface area contributed by atoms with E-state index in [2.05, 4.69) is 15.5 Å². The predicted molar refractivity (Wildman–Crippen MR) is 130 cm³/mol. The number of nitrogens with one attached hydrogen (secondary N) is 1. The third kappa shape index (κ3) is 4.38. The first kappa shape index (κ1) is 22.3. The molecule has 0 unspecified atom stereocenters. The number of hydrogen-bond donors (Lipinski definition) is 1. The van der Waals surface area contributed by atoms with E-state index in [1.165, 1.54) is 0 Å². The number of benzene rings is 2. The number of aryl methyl sites for hydroxylation is 1. The van der Waals surface area contributed by atoms with Gasteiger partial charge in [-0.1, -0.05) is 18.2 Å². The van der Waals surface area contributed by atoms with Gasteiger partial charge in [-0.05, 0) is 56.2 Å². The summed E-state index contributed by atoms with van der Waals surface area (Å²) in [5.41, 5.74) is 5.72. The molecule has 0 atom stereocenters. The van der Waals surface area contributed by atoms with Crippen LogP contribution in [0.4, 0.5) is 0 Å². The zero-order valence-electron chi connectivity index (χ0n) is 19.3. The second kappa shape index (κ2) is 9.42. The SMILES string of the molecule is COc1ccc(C(=O)N/N=C2\CCCc3oc(C(=O)Oc4cccc5cccnc45)c(C)c32)cc1. The monoisotopic (exact) mass is 469 g/mol. The van der Waals surface area contributed by atoms with Crippen LogP contribution in [0.15, 0.2) is 70.3 Å². The Hall–Kier alpha value is -4.46. The van der Waals surface area contributed by atoms with Crippen molar-refractivity contribution in [3.63, 3.8) is 0 Å². The summed E-state index contributed by atoms with van der Waals surface area (Å²) in [7, 11) is 1.57. The van der Waals surface area contributed by atoms with E-state index in [-0.39, 0.29) is 11.7 Å². The predicted octanol–water partition coefficient (Wildman–Crippen LogP) is 4.83. The lowest BCUT2D eigenvalue weighted by Crippen LogP contribution is -2.22. The number of ether oxygens (including phenoxy) is 2. The van der Waals surface area contributed by atoms with Crippen molar-refractivity contribution in [2.45, 2.75) is 26.2 Å². The van der Waals surface area contributed by atoms with Crippen molar-refractivity contribution in [2.24, 2.45) is 5.10 Å². The van der Waals surface area contributed by atoms with E-state index in [1.54, 1.807) is 50.6 Å². The fourth-order valence-electron chi connectivity index (χ4n) is 4.20. The summed E-state index contributed by atoms with van der Waals surface area (Å²) >= 11 is 0. The number of fused-ring (bicyclic) bond motifs is 2. The van der Waals surface area contributed by atoms with Crippen LogP contribution < -0.4 is 14.9 Å². The van der Waals surface area contributed by atoms with Gasteiger partial charge >= 0.3 is 5.97 Å². The van der Waals surface area contributed by atoms with Gasteiger partial charge in [-0.25, -0.2) is 10.2 Å². The lowest BCUT2D eigenvalue weighted by molar-refractivity contribution is 0.0700. The normalized spacial score (nSPS) is 13.9. The molecule has 176 valence electrons. The minimum absolute atomic E-state index is 0.124. The van der Waals surface area contributed by atoms with Crippen LogP contribution in [0.25, 0.3) is 10.9 Å². The molecular weight excluding hydrogens is 446 g/mol. The number of amides is 1. The van der Waals surface area contributed by atoms with E-state index in [0.29, 0.717) is 52.5 Å². The van der Waals surface area contributed by atoms with Gasteiger partial charge in [-0.3, -0.25) is 9.78 Å². The Kier molecular flexibility index (Phi) is 6.01. The molecule has 2 aromatic carbocycles. The Bertz CT molecular complexity index is 1450. The Labute approximate surface area is 201 Å².